The number of ether oxygens (including phenoxy) is 1. The molecule has 1 fully saturated rings. The van der Waals surface area contributed by atoms with Crippen molar-refractivity contribution in [1.29, 1.82) is 5.26 Å². The molecule has 0 spiro atoms. The maximum absolute atomic E-state index is 13.9. The zero-order chi connectivity index (χ0) is 25.0. The molecule has 6 rings (SSSR count). The molecule has 0 atom stereocenters. The highest BCUT2D eigenvalue weighted by Crippen LogP contribution is 2.48. The second-order valence-electron chi connectivity index (χ2n) is 9.54. The third-order valence-electron chi connectivity index (χ3n) is 7.06. The minimum absolute atomic E-state index is 0.190. The summed E-state index contributed by atoms with van der Waals surface area (Å²) in [5.41, 5.74) is 6.28. The smallest absolute Gasteiger partial charge is 0.249 e. The van der Waals surface area contributed by atoms with Crippen molar-refractivity contribution in [2.45, 2.75) is 44.8 Å². The number of alkyl halides is 2. The number of rotatable bonds is 3. The van der Waals surface area contributed by atoms with Crippen molar-refractivity contribution in [3.05, 3.63) is 100 Å². The summed E-state index contributed by atoms with van der Waals surface area (Å²) in [6.45, 7) is 2.42. The molecule has 0 bridgehead atoms. The minimum atomic E-state index is -2.63. The molecule has 7 heteroatoms. The molecule has 4 nitrogen and oxygen atoms in total. The van der Waals surface area contributed by atoms with Gasteiger partial charge < -0.3 is 9.30 Å². The van der Waals surface area contributed by atoms with Gasteiger partial charge in [0.15, 0.2) is 0 Å². The Labute approximate surface area is 206 Å². The van der Waals surface area contributed by atoms with Gasteiger partial charge in [0.05, 0.1) is 17.1 Å². The third kappa shape index (κ3) is 3.74. The van der Waals surface area contributed by atoms with Gasteiger partial charge in [-0.2, -0.15) is 5.26 Å². The predicted octanol–water partition coefficient (Wildman–Crippen LogP) is 6.97. The van der Waals surface area contributed by atoms with Gasteiger partial charge in [-0.15, -0.1) is 0 Å². The number of halogens is 3. The Morgan fingerprint density at radius 2 is 1.89 bits per heavy atom. The first kappa shape index (κ1) is 22.4. The molecule has 1 aromatic heterocycles. The Morgan fingerprint density at radius 1 is 1.11 bits per heavy atom. The summed E-state index contributed by atoms with van der Waals surface area (Å²) in [5.74, 6) is -2.25. The molecule has 4 aromatic rings. The molecule has 2 aliphatic rings. The predicted molar refractivity (Wildman–Crippen MR) is 130 cm³/mol. The summed E-state index contributed by atoms with van der Waals surface area (Å²) in [7, 11) is 0. The van der Waals surface area contributed by atoms with E-state index in [-0.39, 0.29) is 25.4 Å². The molecule has 1 aliphatic carbocycles. The van der Waals surface area contributed by atoms with Crippen molar-refractivity contribution in [3.63, 3.8) is 0 Å². The lowest BCUT2D eigenvalue weighted by Crippen LogP contribution is -2.35. The molecule has 36 heavy (non-hydrogen) atoms. The normalized spacial score (nSPS) is 17.9. The summed E-state index contributed by atoms with van der Waals surface area (Å²) in [6.07, 6.45) is -0.379. The van der Waals surface area contributed by atoms with Crippen LogP contribution in [0.5, 0.6) is 5.75 Å². The number of nitriles is 1. The molecule has 0 amide bonds. The fourth-order valence-electron chi connectivity index (χ4n) is 5.29. The molecule has 1 aliphatic heterocycles. The van der Waals surface area contributed by atoms with E-state index in [1.54, 1.807) is 13.0 Å². The summed E-state index contributed by atoms with van der Waals surface area (Å²) in [5, 5.41) is 9.67. The van der Waals surface area contributed by atoms with Gasteiger partial charge in [-0.3, -0.25) is 0 Å². The van der Waals surface area contributed by atoms with Crippen LogP contribution in [0.1, 0.15) is 53.8 Å². The standard InChI is InChI=1S/C29H22F3N3O/c1-17(14-33)27-22-8-6-18(10-19(22)16-36-26-11-21(30)7-9-23(26)27)15-35-25-5-3-2-4-24(25)34-28(35)20-12-29(31,32)13-20/h2-11,20H,12-13,15-16H2,1H3. The number of hydrogen-bond donors (Lipinski definition) is 0. The molecular weight excluding hydrogens is 463 g/mol. The van der Waals surface area contributed by atoms with E-state index in [2.05, 4.69) is 6.07 Å². The van der Waals surface area contributed by atoms with Gasteiger partial charge in [-0.25, -0.2) is 18.2 Å². The first-order valence-corrected chi connectivity index (χ1v) is 11.8. The van der Waals surface area contributed by atoms with E-state index in [1.165, 1.54) is 12.1 Å². The number of aromatic nitrogens is 2. The molecular formula is C29H22F3N3O. The van der Waals surface area contributed by atoms with Crippen molar-refractivity contribution in [1.82, 2.24) is 9.55 Å². The number of nitrogens with zero attached hydrogens (tertiary/aromatic N) is 3. The van der Waals surface area contributed by atoms with Crippen LogP contribution in [0, 0.1) is 17.1 Å². The van der Waals surface area contributed by atoms with E-state index in [1.807, 2.05) is 47.0 Å². The van der Waals surface area contributed by atoms with Crippen LogP contribution in [0.25, 0.3) is 16.6 Å². The van der Waals surface area contributed by atoms with E-state index >= 15 is 0 Å². The van der Waals surface area contributed by atoms with Crippen molar-refractivity contribution in [2.75, 3.05) is 0 Å². The summed E-state index contributed by atoms with van der Waals surface area (Å²) >= 11 is 0. The van der Waals surface area contributed by atoms with Crippen LogP contribution >= 0.6 is 0 Å². The number of benzene rings is 3. The van der Waals surface area contributed by atoms with Crippen LogP contribution < -0.4 is 4.74 Å². The summed E-state index contributed by atoms with van der Waals surface area (Å²) < 4.78 is 49.3. The Bertz CT molecular complexity index is 1590. The van der Waals surface area contributed by atoms with Gasteiger partial charge in [-0.05, 0) is 53.9 Å². The fraction of sp³-hybridized carbons (Fsp3) is 0.241. The van der Waals surface area contributed by atoms with Crippen molar-refractivity contribution >= 4 is 16.6 Å². The first-order chi connectivity index (χ1) is 17.3. The maximum atomic E-state index is 13.9. The lowest BCUT2D eigenvalue weighted by atomic mass is 9.80. The monoisotopic (exact) mass is 485 g/mol. The number of para-hydroxylation sites is 2. The topological polar surface area (TPSA) is 50.8 Å². The van der Waals surface area contributed by atoms with E-state index in [4.69, 9.17) is 9.72 Å². The maximum Gasteiger partial charge on any atom is 0.249 e. The zero-order valence-electron chi connectivity index (χ0n) is 19.6. The van der Waals surface area contributed by atoms with Crippen LogP contribution in [-0.4, -0.2) is 15.5 Å². The van der Waals surface area contributed by atoms with Gasteiger partial charge in [0.25, 0.3) is 0 Å². The summed E-state index contributed by atoms with van der Waals surface area (Å²) in [4.78, 5) is 4.71. The third-order valence-corrected chi connectivity index (χ3v) is 7.06. The average Bonchev–Trinajstić information content (AvgIpc) is 3.12. The number of fused-ring (bicyclic) bond motifs is 3. The lowest BCUT2D eigenvalue weighted by Gasteiger charge is -2.34. The van der Waals surface area contributed by atoms with Gasteiger partial charge >= 0.3 is 0 Å². The molecule has 2 heterocycles. The Balaban J connectivity index is 1.42. The van der Waals surface area contributed by atoms with Crippen molar-refractivity contribution in [2.24, 2.45) is 0 Å². The number of allylic oxidation sites excluding steroid dienone is 1. The lowest BCUT2D eigenvalue weighted by molar-refractivity contribution is -0.0889. The van der Waals surface area contributed by atoms with Crippen LogP contribution in [-0.2, 0) is 13.2 Å². The van der Waals surface area contributed by atoms with Crippen LogP contribution in [0.4, 0.5) is 13.2 Å². The Hall–Kier alpha value is -4.05. The van der Waals surface area contributed by atoms with E-state index < -0.39 is 11.7 Å². The van der Waals surface area contributed by atoms with Gasteiger partial charge in [-0.1, -0.05) is 24.3 Å². The Kier molecular flexibility index (Phi) is 5.15. The molecule has 0 radical (unpaired) electrons. The second kappa shape index (κ2) is 8.27. The highest BCUT2D eigenvalue weighted by atomic mass is 19.3. The molecule has 0 N–H and O–H groups in total. The van der Waals surface area contributed by atoms with Crippen molar-refractivity contribution < 1.29 is 17.9 Å². The van der Waals surface area contributed by atoms with Crippen LogP contribution in [0.2, 0.25) is 0 Å². The first-order valence-electron chi connectivity index (χ1n) is 11.8. The van der Waals surface area contributed by atoms with Crippen molar-refractivity contribution in [3.8, 4) is 11.8 Å². The average molecular weight is 486 g/mol. The van der Waals surface area contributed by atoms with Crippen LogP contribution in [0.15, 0.2) is 66.2 Å². The van der Waals surface area contributed by atoms with E-state index in [9.17, 15) is 18.4 Å². The highest BCUT2D eigenvalue weighted by molar-refractivity contribution is 5.88. The highest BCUT2D eigenvalue weighted by Gasteiger charge is 2.47. The van der Waals surface area contributed by atoms with Gasteiger partial charge in [0, 0.05) is 48.1 Å². The van der Waals surface area contributed by atoms with Crippen LogP contribution in [0.3, 0.4) is 0 Å². The van der Waals surface area contributed by atoms with Gasteiger partial charge in [0.1, 0.15) is 24.0 Å². The minimum Gasteiger partial charge on any atom is -0.488 e. The number of hydrogen-bond acceptors (Lipinski definition) is 3. The number of imidazole rings is 1. The van der Waals surface area contributed by atoms with E-state index in [0.717, 1.165) is 33.3 Å². The molecule has 1 saturated carbocycles. The fourth-order valence-corrected chi connectivity index (χ4v) is 5.29. The molecule has 180 valence electrons. The molecule has 0 unspecified atom stereocenters. The quantitative estimate of drug-likeness (QED) is 0.294. The van der Waals surface area contributed by atoms with E-state index in [0.29, 0.717) is 29.3 Å². The largest absolute Gasteiger partial charge is 0.488 e. The zero-order valence-corrected chi connectivity index (χ0v) is 19.6. The Morgan fingerprint density at radius 3 is 2.67 bits per heavy atom. The van der Waals surface area contributed by atoms with Gasteiger partial charge in [0.2, 0.25) is 5.92 Å². The molecule has 0 saturated heterocycles. The SMILES string of the molecule is CC(C#N)=C1c2ccc(Cn3c(C4CC(F)(F)C4)nc4ccccc43)cc2COc2cc(F)ccc21. The second-order valence-corrected chi connectivity index (χ2v) is 9.54. The summed E-state index contributed by atoms with van der Waals surface area (Å²) in [6, 6.07) is 20.2. The molecule has 3 aromatic carbocycles.